The third-order valence-corrected chi connectivity index (χ3v) is 3.14. The molecule has 0 aromatic carbocycles. The van der Waals surface area contributed by atoms with Crippen molar-refractivity contribution in [2.24, 2.45) is 0 Å². The van der Waals surface area contributed by atoms with Crippen LogP contribution in [-0.4, -0.2) is 44.0 Å². The fourth-order valence-electron chi connectivity index (χ4n) is 2.21. The van der Waals surface area contributed by atoms with Gasteiger partial charge >= 0.3 is 0 Å². The maximum Gasteiger partial charge on any atom is 0.295 e. The molecule has 3 atom stereocenters. The van der Waals surface area contributed by atoms with Gasteiger partial charge < -0.3 is 19.9 Å². The number of hydrogen-bond donors (Lipinski definition) is 3. The number of ether oxygens (including phenoxy) is 1. The van der Waals surface area contributed by atoms with Gasteiger partial charge in [-0.2, -0.15) is 4.98 Å². The van der Waals surface area contributed by atoms with Crippen molar-refractivity contribution in [3.63, 3.8) is 0 Å². The number of aliphatic hydroxyl groups is 2. The Kier molecular flexibility index (Phi) is 2.73. The second kappa shape index (κ2) is 4.27. The maximum absolute atomic E-state index is 9.70. The van der Waals surface area contributed by atoms with Crippen molar-refractivity contribution < 1.29 is 19.5 Å². The summed E-state index contributed by atoms with van der Waals surface area (Å²) in [5.41, 5.74) is 1.47. The Balaban J connectivity index is 1.90. The minimum absolute atomic E-state index is 0.183. The Morgan fingerprint density at radius 3 is 3.17 bits per heavy atom. The first-order chi connectivity index (χ1) is 8.67. The third kappa shape index (κ3) is 1.86. The molecule has 2 aromatic heterocycles. The average molecular weight is 251 g/mol. The van der Waals surface area contributed by atoms with Gasteiger partial charge in [-0.25, -0.2) is 4.57 Å². The standard InChI is InChI=1S/C11H14N4O3/c1-6-13-7-3-15(5-12-11(7)14-6)10-2-8(17)9(4-16)18-10/h3,5,8-10,16-17H,2,4H2,1H3/p+1/t8-,9+,10?/m0/s1. The number of aromatic amines is 1. The Bertz CT molecular complexity index is 570. The second-order valence-electron chi connectivity index (χ2n) is 4.50. The number of H-pyrrole nitrogens is 1. The summed E-state index contributed by atoms with van der Waals surface area (Å²) in [7, 11) is 0. The zero-order chi connectivity index (χ0) is 12.7. The largest absolute Gasteiger partial charge is 0.394 e. The summed E-state index contributed by atoms with van der Waals surface area (Å²) in [5, 5.41) is 18.7. The van der Waals surface area contributed by atoms with Gasteiger partial charge in [0.15, 0.2) is 5.52 Å². The average Bonchev–Trinajstić information content (AvgIpc) is 2.89. The molecule has 1 unspecified atom stereocenters. The van der Waals surface area contributed by atoms with Gasteiger partial charge in [-0.3, -0.25) is 0 Å². The lowest BCUT2D eigenvalue weighted by Crippen LogP contribution is -2.39. The molecule has 3 heterocycles. The number of imidazole rings is 1. The predicted octanol–water partition coefficient (Wildman–Crippen LogP) is -0.805. The van der Waals surface area contributed by atoms with Crippen LogP contribution in [0.3, 0.4) is 0 Å². The first-order valence-electron chi connectivity index (χ1n) is 5.85. The minimum atomic E-state index is -0.647. The van der Waals surface area contributed by atoms with Crippen molar-refractivity contribution in [1.82, 2.24) is 15.0 Å². The Labute approximate surface area is 103 Å². The van der Waals surface area contributed by atoms with Crippen molar-refractivity contribution in [1.29, 1.82) is 0 Å². The number of rotatable bonds is 2. The third-order valence-electron chi connectivity index (χ3n) is 3.14. The molecule has 1 aliphatic heterocycles. The van der Waals surface area contributed by atoms with E-state index in [2.05, 4.69) is 15.0 Å². The monoisotopic (exact) mass is 251 g/mol. The van der Waals surface area contributed by atoms with Gasteiger partial charge in [0.25, 0.3) is 12.0 Å². The highest BCUT2D eigenvalue weighted by atomic mass is 16.5. The number of nitrogens with one attached hydrogen (secondary N) is 1. The predicted molar refractivity (Wildman–Crippen MR) is 60.4 cm³/mol. The van der Waals surface area contributed by atoms with Crippen LogP contribution in [0.25, 0.3) is 11.2 Å². The molecule has 0 radical (unpaired) electrons. The highest BCUT2D eigenvalue weighted by Gasteiger charge is 2.37. The molecule has 0 saturated carbocycles. The van der Waals surface area contributed by atoms with Crippen LogP contribution in [0.4, 0.5) is 0 Å². The smallest absolute Gasteiger partial charge is 0.295 e. The molecule has 0 aliphatic carbocycles. The fourth-order valence-corrected chi connectivity index (χ4v) is 2.21. The summed E-state index contributed by atoms with van der Waals surface area (Å²) in [6.45, 7) is 1.68. The van der Waals surface area contributed by atoms with E-state index >= 15 is 0 Å². The van der Waals surface area contributed by atoms with Crippen molar-refractivity contribution in [3.8, 4) is 0 Å². The SMILES string of the molecule is Cc1nc2nc[n+](C3C[C@H](O)[C@@H](CO)O3)cc2[nH]1. The summed E-state index contributed by atoms with van der Waals surface area (Å²) in [6.07, 6.45) is 2.43. The zero-order valence-electron chi connectivity index (χ0n) is 9.95. The fraction of sp³-hybridized carbons (Fsp3) is 0.545. The van der Waals surface area contributed by atoms with Gasteiger partial charge in [0, 0.05) is 6.42 Å². The number of nitrogens with zero attached hydrogens (tertiary/aromatic N) is 3. The van der Waals surface area contributed by atoms with Gasteiger partial charge in [-0.15, -0.1) is 0 Å². The van der Waals surface area contributed by atoms with Crippen molar-refractivity contribution in [3.05, 3.63) is 18.3 Å². The topological polar surface area (TPSA) is 95.1 Å². The molecule has 3 rings (SSSR count). The van der Waals surface area contributed by atoms with E-state index in [9.17, 15) is 5.11 Å². The number of aromatic nitrogens is 4. The molecule has 96 valence electrons. The molecule has 0 spiro atoms. The van der Waals surface area contributed by atoms with Crippen molar-refractivity contribution in [2.75, 3.05) is 6.61 Å². The van der Waals surface area contributed by atoms with Gasteiger partial charge in [0.2, 0.25) is 6.23 Å². The van der Waals surface area contributed by atoms with Crippen LogP contribution in [0.5, 0.6) is 0 Å². The molecule has 0 bridgehead atoms. The number of aryl methyl sites for hydroxylation is 1. The highest BCUT2D eigenvalue weighted by Crippen LogP contribution is 2.24. The molecule has 1 saturated heterocycles. The Hall–Kier alpha value is -1.57. The number of fused-ring (bicyclic) bond motifs is 1. The van der Waals surface area contributed by atoms with Crippen molar-refractivity contribution >= 4 is 11.2 Å². The summed E-state index contributed by atoms with van der Waals surface area (Å²) in [6, 6.07) is 0. The van der Waals surface area contributed by atoms with E-state index in [-0.39, 0.29) is 12.8 Å². The molecule has 1 fully saturated rings. The second-order valence-corrected chi connectivity index (χ2v) is 4.50. The summed E-state index contributed by atoms with van der Waals surface area (Å²) < 4.78 is 7.33. The highest BCUT2D eigenvalue weighted by molar-refractivity contribution is 5.67. The Morgan fingerprint density at radius 2 is 2.44 bits per heavy atom. The van der Waals surface area contributed by atoms with E-state index in [1.54, 1.807) is 10.9 Å². The van der Waals surface area contributed by atoms with E-state index < -0.39 is 12.2 Å². The molecule has 7 heteroatoms. The van der Waals surface area contributed by atoms with Crippen LogP contribution in [0.15, 0.2) is 12.5 Å². The molecular weight excluding hydrogens is 236 g/mol. The van der Waals surface area contributed by atoms with Gasteiger partial charge in [0.1, 0.15) is 18.1 Å². The van der Waals surface area contributed by atoms with E-state index in [1.807, 2.05) is 13.1 Å². The lowest BCUT2D eigenvalue weighted by Gasteiger charge is -2.09. The molecule has 2 aromatic rings. The first-order valence-corrected chi connectivity index (χ1v) is 5.85. The van der Waals surface area contributed by atoms with Crippen LogP contribution in [-0.2, 0) is 4.74 Å². The molecule has 18 heavy (non-hydrogen) atoms. The lowest BCUT2D eigenvalue weighted by molar-refractivity contribution is -0.760. The summed E-state index contributed by atoms with van der Waals surface area (Å²) in [4.78, 5) is 11.5. The van der Waals surface area contributed by atoms with Crippen LogP contribution >= 0.6 is 0 Å². The maximum atomic E-state index is 9.70. The van der Waals surface area contributed by atoms with Gasteiger partial charge in [0.05, 0.1) is 12.7 Å². The van der Waals surface area contributed by atoms with Crippen molar-refractivity contribution in [2.45, 2.75) is 31.8 Å². The van der Waals surface area contributed by atoms with E-state index in [0.29, 0.717) is 12.1 Å². The molecule has 3 N–H and O–H groups in total. The van der Waals surface area contributed by atoms with Crippen LogP contribution < -0.4 is 4.57 Å². The Morgan fingerprint density at radius 1 is 1.61 bits per heavy atom. The van der Waals surface area contributed by atoms with Gasteiger partial charge in [-0.1, -0.05) is 0 Å². The van der Waals surface area contributed by atoms with Crippen LogP contribution in [0.1, 0.15) is 18.5 Å². The van der Waals surface area contributed by atoms with E-state index in [1.165, 1.54) is 0 Å². The quantitative estimate of drug-likeness (QED) is 0.607. The lowest BCUT2D eigenvalue weighted by atomic mass is 10.2. The molecule has 0 amide bonds. The molecular formula is C11H15N4O3+. The summed E-state index contributed by atoms with van der Waals surface area (Å²) >= 11 is 0. The van der Waals surface area contributed by atoms with Crippen LogP contribution in [0.2, 0.25) is 0 Å². The van der Waals surface area contributed by atoms with E-state index in [0.717, 1.165) is 11.3 Å². The van der Waals surface area contributed by atoms with Gasteiger partial charge in [-0.05, 0) is 11.9 Å². The summed E-state index contributed by atoms with van der Waals surface area (Å²) in [5.74, 6) is 0.802. The number of hydrogen-bond acceptors (Lipinski definition) is 5. The van der Waals surface area contributed by atoms with Crippen LogP contribution in [0, 0.1) is 6.92 Å². The number of aliphatic hydroxyl groups excluding tert-OH is 2. The normalized spacial score (nSPS) is 28.1. The minimum Gasteiger partial charge on any atom is -0.394 e. The van der Waals surface area contributed by atoms with E-state index in [4.69, 9.17) is 9.84 Å². The zero-order valence-corrected chi connectivity index (χ0v) is 9.95. The molecule has 1 aliphatic rings. The molecule has 7 nitrogen and oxygen atoms in total. The first kappa shape index (κ1) is 11.5.